The summed E-state index contributed by atoms with van der Waals surface area (Å²) >= 11 is 1.71. The minimum atomic E-state index is -0.412. The van der Waals surface area contributed by atoms with E-state index in [1.165, 1.54) is 4.90 Å². The highest BCUT2D eigenvalue weighted by molar-refractivity contribution is 7.98. The zero-order valence-corrected chi connectivity index (χ0v) is 15.5. The van der Waals surface area contributed by atoms with Crippen LogP contribution in [0, 0.1) is 6.92 Å². The molecule has 0 aliphatic carbocycles. The number of aromatic nitrogens is 1. The molecule has 126 valence electrons. The fraction of sp³-hybridized carbons (Fsp3) is 0.389. The Morgan fingerprint density at radius 2 is 1.92 bits per heavy atom. The van der Waals surface area contributed by atoms with Crippen molar-refractivity contribution in [3.8, 4) is 11.5 Å². The summed E-state index contributed by atoms with van der Waals surface area (Å²) in [5, 5.41) is 0. The van der Waals surface area contributed by atoms with Gasteiger partial charge in [0.1, 0.15) is 11.5 Å². The highest BCUT2D eigenvalue weighted by Crippen LogP contribution is 2.29. The van der Waals surface area contributed by atoms with Crippen LogP contribution in [0.4, 0.5) is 0 Å². The first-order valence-corrected chi connectivity index (χ1v) is 9.23. The molecule has 1 unspecified atom stereocenters. The molecule has 1 aromatic carbocycles. The Labute approximate surface area is 148 Å². The number of pyridine rings is 1. The number of ether oxygens (including phenoxy) is 1. The Balaban J connectivity index is 1.83. The Kier molecular flexibility index (Phi) is 4.90. The molecule has 24 heavy (non-hydrogen) atoms. The zero-order valence-electron chi connectivity index (χ0n) is 14.7. The van der Waals surface area contributed by atoms with Crippen molar-refractivity contribution in [3.63, 3.8) is 0 Å². The second kappa shape index (κ2) is 6.79. The lowest BCUT2D eigenvalue weighted by Crippen LogP contribution is -2.36. The normalized spacial score (nSPS) is 19.5. The van der Waals surface area contributed by atoms with Crippen molar-refractivity contribution in [1.29, 1.82) is 0 Å². The van der Waals surface area contributed by atoms with Gasteiger partial charge in [0.05, 0.1) is 17.9 Å². The van der Waals surface area contributed by atoms with E-state index in [2.05, 4.69) is 11.2 Å². The Morgan fingerprint density at radius 3 is 2.50 bits per heavy atom. The number of benzene rings is 1. The lowest BCUT2D eigenvalue weighted by Gasteiger charge is -2.21. The first-order valence-electron chi connectivity index (χ1n) is 8.00. The predicted molar refractivity (Wildman–Crippen MR) is 98.4 cm³/mol. The molecule has 0 saturated carbocycles. The largest absolute Gasteiger partial charge is 0.496 e. The second-order valence-corrected chi connectivity index (χ2v) is 7.34. The predicted octanol–water partition coefficient (Wildman–Crippen LogP) is 3.81. The molecule has 0 radical (unpaired) electrons. The van der Waals surface area contributed by atoms with Gasteiger partial charge in [-0.15, -0.1) is 11.8 Å². The van der Waals surface area contributed by atoms with Crippen molar-refractivity contribution in [2.45, 2.75) is 44.3 Å². The zero-order chi connectivity index (χ0) is 17.3. The Hall–Kier alpha value is -1.50. The fourth-order valence-corrected chi connectivity index (χ4v) is 2.93. The van der Waals surface area contributed by atoms with E-state index in [0.717, 1.165) is 16.8 Å². The van der Waals surface area contributed by atoms with Crippen molar-refractivity contribution in [2.75, 3.05) is 6.26 Å². The molecule has 1 aromatic heterocycles. The number of hydrogen-bond donors (Lipinski definition) is 0. The monoisotopic (exact) mass is 343 g/mol. The molecule has 1 saturated heterocycles. The van der Waals surface area contributed by atoms with E-state index in [1.807, 2.05) is 52.0 Å². The third-order valence-electron chi connectivity index (χ3n) is 4.47. The van der Waals surface area contributed by atoms with Gasteiger partial charge in [-0.2, -0.15) is 0 Å². The van der Waals surface area contributed by atoms with Gasteiger partial charge in [0.2, 0.25) is 0 Å². The quantitative estimate of drug-likeness (QED) is 0.624. The topological polar surface area (TPSA) is 40.6 Å². The maximum Gasteiger partial charge on any atom is 0.496 e. The van der Waals surface area contributed by atoms with Gasteiger partial charge in [-0.25, -0.2) is 0 Å². The summed E-state index contributed by atoms with van der Waals surface area (Å²) in [6, 6.07) is 8.01. The van der Waals surface area contributed by atoms with Crippen molar-refractivity contribution >= 4 is 24.3 Å². The lowest BCUT2D eigenvalue weighted by atomic mass is 9.77. The molecule has 0 amide bonds. The number of nitrogens with zero attached hydrogens (tertiary/aromatic N) is 1. The van der Waals surface area contributed by atoms with Crippen LogP contribution >= 0.6 is 11.8 Å². The average Bonchev–Trinajstić information content (AvgIpc) is 2.83. The highest BCUT2D eigenvalue weighted by Gasteiger charge is 2.44. The fourth-order valence-electron chi connectivity index (χ4n) is 2.52. The third kappa shape index (κ3) is 3.46. The first kappa shape index (κ1) is 17.3. The second-order valence-electron chi connectivity index (χ2n) is 6.46. The van der Waals surface area contributed by atoms with Crippen LogP contribution in [-0.2, 0) is 9.31 Å². The summed E-state index contributed by atoms with van der Waals surface area (Å²) < 4.78 is 18.0. The van der Waals surface area contributed by atoms with Crippen molar-refractivity contribution < 1.29 is 14.0 Å². The molecule has 0 bridgehead atoms. The summed E-state index contributed by atoms with van der Waals surface area (Å²) in [4.78, 5) is 5.51. The Morgan fingerprint density at radius 1 is 1.21 bits per heavy atom. The number of thioether (sulfide) groups is 1. The van der Waals surface area contributed by atoms with Crippen molar-refractivity contribution in [1.82, 2.24) is 4.98 Å². The molecule has 2 heterocycles. The van der Waals surface area contributed by atoms with Gasteiger partial charge in [-0.05, 0) is 63.8 Å². The molecule has 1 aliphatic rings. The third-order valence-corrected chi connectivity index (χ3v) is 5.21. The van der Waals surface area contributed by atoms with Crippen molar-refractivity contribution in [2.24, 2.45) is 0 Å². The molecule has 2 aromatic rings. The average molecular weight is 343 g/mol. The minimum Gasteiger partial charge on any atom is -0.455 e. The first-order chi connectivity index (χ1) is 11.4. The number of hydrogen-bond acceptors (Lipinski definition) is 5. The van der Waals surface area contributed by atoms with Gasteiger partial charge in [-0.1, -0.05) is 0 Å². The summed E-state index contributed by atoms with van der Waals surface area (Å²) in [5.41, 5.74) is 1.57. The number of rotatable bonds is 4. The van der Waals surface area contributed by atoms with Gasteiger partial charge < -0.3 is 14.0 Å². The molecular weight excluding hydrogens is 321 g/mol. The van der Waals surface area contributed by atoms with Crippen LogP contribution in [0.1, 0.15) is 26.3 Å². The molecule has 1 aliphatic heterocycles. The van der Waals surface area contributed by atoms with Gasteiger partial charge in [0.25, 0.3) is 0 Å². The van der Waals surface area contributed by atoms with Crippen LogP contribution in [0.2, 0.25) is 0 Å². The van der Waals surface area contributed by atoms with E-state index >= 15 is 0 Å². The van der Waals surface area contributed by atoms with Gasteiger partial charge in [0.15, 0.2) is 0 Å². The van der Waals surface area contributed by atoms with E-state index in [1.54, 1.807) is 24.2 Å². The smallest absolute Gasteiger partial charge is 0.455 e. The standard InChI is InChI=1S/C18H22BNO3S/c1-12-16(19-22-13(2)18(3,4)23-19)10-20-11-17(12)21-14-6-8-15(24-5)9-7-14/h6-11,13H,1-5H3. The van der Waals surface area contributed by atoms with E-state index in [9.17, 15) is 0 Å². The SMILES string of the molecule is CSc1ccc(Oc2cncc(B3OC(C)C(C)(C)O3)c2C)cc1. The maximum absolute atomic E-state index is 6.04. The summed E-state index contributed by atoms with van der Waals surface area (Å²) in [6.07, 6.45) is 5.59. The minimum absolute atomic E-state index is 0.0190. The summed E-state index contributed by atoms with van der Waals surface area (Å²) in [5.74, 6) is 1.51. The van der Waals surface area contributed by atoms with Crippen LogP contribution in [0.15, 0.2) is 41.6 Å². The molecule has 1 fully saturated rings. The molecule has 4 nitrogen and oxygen atoms in total. The van der Waals surface area contributed by atoms with Crippen LogP contribution < -0.4 is 10.2 Å². The van der Waals surface area contributed by atoms with E-state index in [0.29, 0.717) is 5.75 Å². The summed E-state index contributed by atoms with van der Waals surface area (Å²) in [7, 11) is -0.412. The maximum atomic E-state index is 6.04. The Bertz CT molecular complexity index is 721. The van der Waals surface area contributed by atoms with Gasteiger partial charge in [0, 0.05) is 16.6 Å². The summed E-state index contributed by atoms with van der Waals surface area (Å²) in [6.45, 7) is 8.10. The van der Waals surface area contributed by atoms with Crippen LogP contribution in [0.25, 0.3) is 0 Å². The molecule has 0 spiro atoms. The van der Waals surface area contributed by atoms with E-state index in [-0.39, 0.29) is 11.7 Å². The van der Waals surface area contributed by atoms with Crippen LogP contribution in [0.3, 0.4) is 0 Å². The molecule has 0 N–H and O–H groups in total. The van der Waals surface area contributed by atoms with E-state index in [4.69, 9.17) is 14.0 Å². The van der Waals surface area contributed by atoms with Gasteiger partial charge >= 0.3 is 7.12 Å². The molecule has 3 rings (SSSR count). The molecular formula is C18H22BNO3S. The highest BCUT2D eigenvalue weighted by atomic mass is 32.2. The molecule has 6 heteroatoms. The van der Waals surface area contributed by atoms with Crippen LogP contribution in [-0.4, -0.2) is 30.1 Å². The van der Waals surface area contributed by atoms with Gasteiger partial charge in [-0.3, -0.25) is 4.98 Å². The molecule has 1 atom stereocenters. The van der Waals surface area contributed by atoms with Crippen LogP contribution in [0.5, 0.6) is 11.5 Å². The van der Waals surface area contributed by atoms with E-state index < -0.39 is 7.12 Å². The lowest BCUT2D eigenvalue weighted by molar-refractivity contribution is 0.0842. The van der Waals surface area contributed by atoms with Crippen molar-refractivity contribution in [3.05, 3.63) is 42.2 Å².